The van der Waals surface area contributed by atoms with E-state index in [0.717, 1.165) is 25.2 Å². The number of nitrogen functional groups attached to an aromatic ring is 1. The van der Waals surface area contributed by atoms with Gasteiger partial charge in [0.25, 0.3) is 0 Å². The molecule has 2 heterocycles. The number of rotatable bonds is 5. The van der Waals surface area contributed by atoms with E-state index < -0.39 is 5.76 Å². The Labute approximate surface area is 114 Å². The summed E-state index contributed by atoms with van der Waals surface area (Å²) < 4.78 is 6.96. The van der Waals surface area contributed by atoms with Gasteiger partial charge in [-0.3, -0.25) is 4.98 Å². The molecule has 0 saturated carbocycles. The minimum Gasteiger partial charge on any atom is -0.408 e. The summed E-state index contributed by atoms with van der Waals surface area (Å²) in [4.78, 5) is 17.7. The number of nitrogens with one attached hydrogen (secondary N) is 2. The van der Waals surface area contributed by atoms with Crippen LogP contribution in [0.1, 0.15) is 6.42 Å². The number of fused-ring (bicyclic) bond motifs is 1. The van der Waals surface area contributed by atoms with Crippen molar-refractivity contribution in [3.63, 3.8) is 0 Å². The van der Waals surface area contributed by atoms with Crippen molar-refractivity contribution in [1.29, 1.82) is 0 Å². The van der Waals surface area contributed by atoms with Crippen LogP contribution in [0.2, 0.25) is 0 Å². The lowest BCUT2D eigenvalue weighted by Gasteiger charge is -2.09. The fraction of sp³-hybridized carbons (Fsp3) is 0.231. The van der Waals surface area contributed by atoms with E-state index in [-0.39, 0.29) is 0 Å². The van der Waals surface area contributed by atoms with Gasteiger partial charge in [0.05, 0.1) is 23.2 Å². The lowest BCUT2D eigenvalue weighted by molar-refractivity contribution is 0.555. The summed E-state index contributed by atoms with van der Waals surface area (Å²) in [6.07, 6.45) is 6.41. The highest BCUT2D eigenvalue weighted by Crippen LogP contribution is 2.24. The second-order valence-corrected chi connectivity index (χ2v) is 4.53. The number of aromatic amines is 1. The smallest absolute Gasteiger partial charge is 0.408 e. The standard InChI is InChI=1S/C13H15N5O2/c14-9-6-12-11(17-13(19)20-12)7-10(9)16-2-1-4-18-5-3-15-8-18/h3,5-8,16H,1-2,4,14H2,(H,17,19). The summed E-state index contributed by atoms with van der Waals surface area (Å²) in [5.41, 5.74) is 8.38. The van der Waals surface area contributed by atoms with E-state index >= 15 is 0 Å². The number of aromatic nitrogens is 3. The largest absolute Gasteiger partial charge is 0.417 e. The van der Waals surface area contributed by atoms with Gasteiger partial charge in [-0.2, -0.15) is 0 Å². The fourth-order valence-electron chi connectivity index (χ4n) is 2.07. The van der Waals surface area contributed by atoms with Crippen molar-refractivity contribution in [2.24, 2.45) is 0 Å². The van der Waals surface area contributed by atoms with Crippen LogP contribution >= 0.6 is 0 Å². The second-order valence-electron chi connectivity index (χ2n) is 4.53. The van der Waals surface area contributed by atoms with Crippen LogP contribution < -0.4 is 16.8 Å². The van der Waals surface area contributed by atoms with Crippen molar-refractivity contribution in [3.05, 3.63) is 41.4 Å². The molecule has 3 aromatic rings. The Kier molecular flexibility index (Phi) is 3.16. The topological polar surface area (TPSA) is 102 Å². The molecule has 4 N–H and O–H groups in total. The Balaban J connectivity index is 1.64. The van der Waals surface area contributed by atoms with Crippen molar-refractivity contribution in [3.8, 4) is 0 Å². The number of H-pyrrole nitrogens is 1. The van der Waals surface area contributed by atoms with Crippen LogP contribution in [0.25, 0.3) is 11.1 Å². The van der Waals surface area contributed by atoms with Crippen LogP contribution in [0.15, 0.2) is 40.1 Å². The van der Waals surface area contributed by atoms with Gasteiger partial charge in [-0.15, -0.1) is 0 Å². The molecule has 0 fully saturated rings. The molecular weight excluding hydrogens is 258 g/mol. The summed E-state index contributed by atoms with van der Waals surface area (Å²) in [5, 5.41) is 3.25. The summed E-state index contributed by atoms with van der Waals surface area (Å²) >= 11 is 0. The van der Waals surface area contributed by atoms with E-state index in [1.54, 1.807) is 24.7 Å². The van der Waals surface area contributed by atoms with Crippen LogP contribution in [0.4, 0.5) is 11.4 Å². The van der Waals surface area contributed by atoms with E-state index in [2.05, 4.69) is 15.3 Å². The van der Waals surface area contributed by atoms with Gasteiger partial charge in [0.15, 0.2) is 5.58 Å². The van der Waals surface area contributed by atoms with Gasteiger partial charge in [0, 0.05) is 31.5 Å². The van der Waals surface area contributed by atoms with Crippen molar-refractivity contribution in [2.75, 3.05) is 17.6 Å². The SMILES string of the molecule is Nc1cc2oc(=O)[nH]c2cc1NCCCn1ccnc1. The molecule has 0 spiro atoms. The van der Waals surface area contributed by atoms with Gasteiger partial charge in [0.1, 0.15) is 0 Å². The van der Waals surface area contributed by atoms with E-state index in [4.69, 9.17) is 10.2 Å². The predicted octanol–water partition coefficient (Wildman–Crippen LogP) is 1.40. The van der Waals surface area contributed by atoms with Gasteiger partial charge in [-0.1, -0.05) is 0 Å². The molecule has 0 aliphatic carbocycles. The highest BCUT2D eigenvalue weighted by atomic mass is 16.4. The molecule has 0 atom stereocenters. The lowest BCUT2D eigenvalue weighted by atomic mass is 10.2. The maximum Gasteiger partial charge on any atom is 0.417 e. The van der Waals surface area contributed by atoms with Crippen LogP contribution in [0.5, 0.6) is 0 Å². The molecule has 7 heteroatoms. The Morgan fingerprint density at radius 2 is 2.35 bits per heavy atom. The van der Waals surface area contributed by atoms with Gasteiger partial charge in [-0.05, 0) is 12.5 Å². The van der Waals surface area contributed by atoms with Gasteiger partial charge in [-0.25, -0.2) is 9.78 Å². The normalized spacial score (nSPS) is 11.0. The predicted molar refractivity (Wildman–Crippen MR) is 76.6 cm³/mol. The molecule has 0 amide bonds. The first-order chi connectivity index (χ1) is 9.72. The average Bonchev–Trinajstić information content (AvgIpc) is 3.03. The molecule has 2 aromatic heterocycles. The molecule has 1 aromatic carbocycles. The number of benzene rings is 1. The first-order valence-electron chi connectivity index (χ1n) is 6.34. The molecular formula is C13H15N5O2. The quantitative estimate of drug-likeness (QED) is 0.482. The zero-order chi connectivity index (χ0) is 13.9. The van der Waals surface area contributed by atoms with Crippen molar-refractivity contribution in [1.82, 2.24) is 14.5 Å². The number of hydrogen-bond donors (Lipinski definition) is 3. The van der Waals surface area contributed by atoms with Crippen LogP contribution in [-0.2, 0) is 6.54 Å². The summed E-state index contributed by atoms with van der Waals surface area (Å²) in [5.74, 6) is -0.475. The van der Waals surface area contributed by atoms with Crippen LogP contribution in [0.3, 0.4) is 0 Å². The van der Waals surface area contributed by atoms with E-state index in [0.29, 0.717) is 16.8 Å². The number of oxazole rings is 1. The van der Waals surface area contributed by atoms with Crippen molar-refractivity contribution < 1.29 is 4.42 Å². The average molecular weight is 273 g/mol. The number of nitrogens with two attached hydrogens (primary N) is 1. The molecule has 0 aliphatic heterocycles. The zero-order valence-electron chi connectivity index (χ0n) is 10.8. The second kappa shape index (κ2) is 5.12. The van der Waals surface area contributed by atoms with Gasteiger partial charge >= 0.3 is 5.76 Å². The fourth-order valence-corrected chi connectivity index (χ4v) is 2.07. The molecule has 104 valence electrons. The van der Waals surface area contributed by atoms with Gasteiger partial charge in [0.2, 0.25) is 0 Å². The number of nitrogens with zero attached hydrogens (tertiary/aromatic N) is 2. The number of hydrogen-bond acceptors (Lipinski definition) is 5. The van der Waals surface area contributed by atoms with Crippen LogP contribution in [0, 0.1) is 0 Å². The van der Waals surface area contributed by atoms with Crippen molar-refractivity contribution >= 4 is 22.5 Å². The highest BCUT2D eigenvalue weighted by molar-refractivity contribution is 5.85. The summed E-state index contributed by atoms with van der Waals surface area (Å²) in [6, 6.07) is 3.43. The van der Waals surface area contributed by atoms with E-state index in [1.165, 1.54) is 0 Å². The lowest BCUT2D eigenvalue weighted by Crippen LogP contribution is -2.07. The third-order valence-electron chi connectivity index (χ3n) is 3.06. The van der Waals surface area contributed by atoms with E-state index in [1.807, 2.05) is 10.8 Å². The third kappa shape index (κ3) is 2.51. The highest BCUT2D eigenvalue weighted by Gasteiger charge is 2.06. The summed E-state index contributed by atoms with van der Waals surface area (Å²) in [6.45, 7) is 1.66. The maximum absolute atomic E-state index is 11.1. The Bertz CT molecular complexity index is 757. The first kappa shape index (κ1) is 12.3. The molecule has 20 heavy (non-hydrogen) atoms. The van der Waals surface area contributed by atoms with Crippen molar-refractivity contribution in [2.45, 2.75) is 13.0 Å². The molecule has 3 rings (SSSR count). The first-order valence-corrected chi connectivity index (χ1v) is 6.34. The molecule has 0 radical (unpaired) electrons. The minimum atomic E-state index is -0.475. The maximum atomic E-state index is 11.1. The van der Waals surface area contributed by atoms with Gasteiger partial charge < -0.3 is 20.0 Å². The molecule has 0 bridgehead atoms. The number of anilines is 2. The summed E-state index contributed by atoms with van der Waals surface area (Å²) in [7, 11) is 0. The molecule has 0 unspecified atom stereocenters. The Hall–Kier alpha value is -2.70. The number of imidazole rings is 1. The molecule has 7 nitrogen and oxygen atoms in total. The molecule has 0 aliphatic rings. The van der Waals surface area contributed by atoms with Crippen LogP contribution in [-0.4, -0.2) is 21.1 Å². The Morgan fingerprint density at radius 3 is 3.15 bits per heavy atom. The number of aryl methyl sites for hydroxylation is 1. The Morgan fingerprint density at radius 1 is 1.45 bits per heavy atom. The zero-order valence-corrected chi connectivity index (χ0v) is 10.8. The third-order valence-corrected chi connectivity index (χ3v) is 3.06. The monoisotopic (exact) mass is 273 g/mol. The molecule has 0 saturated heterocycles. The van der Waals surface area contributed by atoms with E-state index in [9.17, 15) is 4.79 Å². The minimum absolute atomic E-state index is 0.469.